The summed E-state index contributed by atoms with van der Waals surface area (Å²) in [5.41, 5.74) is 5.49. The normalized spacial score (nSPS) is 12.5. The molecule has 2 aromatic rings. The van der Waals surface area contributed by atoms with E-state index in [1.54, 1.807) is 7.11 Å². The maximum atomic E-state index is 5.32. The van der Waals surface area contributed by atoms with Gasteiger partial charge in [0.05, 0.1) is 11.8 Å². The molecule has 1 atom stereocenters. The van der Waals surface area contributed by atoms with E-state index in [0.29, 0.717) is 0 Å². The highest BCUT2D eigenvalue weighted by atomic mass is 16.5. The molecule has 1 heterocycles. The Bertz CT molecular complexity index is 576. The van der Waals surface area contributed by atoms with Crippen LogP contribution in [0.25, 0.3) is 11.3 Å². The molecular formula is C16H20N2O. The molecule has 0 amide bonds. The quantitative estimate of drug-likeness (QED) is 0.838. The van der Waals surface area contributed by atoms with E-state index < -0.39 is 0 Å². The number of hydrogen-bond acceptors (Lipinski definition) is 3. The lowest BCUT2D eigenvalue weighted by Gasteiger charge is -2.12. The number of hydrogen-bond donors (Lipinski definition) is 0. The SMILES string of the molecule is CO[C@@H](C)c1ccc(-c2nc(C)nc(C)c2C)cc1. The highest BCUT2D eigenvalue weighted by Gasteiger charge is 2.09. The number of nitrogens with zero attached hydrogens (tertiary/aromatic N) is 2. The summed E-state index contributed by atoms with van der Waals surface area (Å²) < 4.78 is 5.32. The van der Waals surface area contributed by atoms with E-state index in [0.717, 1.165) is 28.3 Å². The van der Waals surface area contributed by atoms with Gasteiger partial charge < -0.3 is 4.74 Å². The van der Waals surface area contributed by atoms with Gasteiger partial charge in [-0.3, -0.25) is 0 Å². The van der Waals surface area contributed by atoms with Crippen molar-refractivity contribution in [2.75, 3.05) is 7.11 Å². The minimum atomic E-state index is 0.115. The summed E-state index contributed by atoms with van der Waals surface area (Å²) in [5.74, 6) is 0.812. The first kappa shape index (κ1) is 13.7. The van der Waals surface area contributed by atoms with Gasteiger partial charge in [0, 0.05) is 18.4 Å². The molecular weight excluding hydrogens is 236 g/mol. The van der Waals surface area contributed by atoms with E-state index in [9.17, 15) is 0 Å². The Morgan fingerprint density at radius 1 is 1.00 bits per heavy atom. The Morgan fingerprint density at radius 2 is 1.63 bits per heavy atom. The molecule has 0 spiro atoms. The van der Waals surface area contributed by atoms with Crippen LogP contribution in [0.1, 0.15) is 35.7 Å². The van der Waals surface area contributed by atoms with Gasteiger partial charge in [0.2, 0.25) is 0 Å². The summed E-state index contributed by atoms with van der Waals surface area (Å²) in [4.78, 5) is 8.94. The molecule has 0 saturated carbocycles. The molecule has 0 saturated heterocycles. The minimum absolute atomic E-state index is 0.115. The Morgan fingerprint density at radius 3 is 2.21 bits per heavy atom. The first-order valence-corrected chi connectivity index (χ1v) is 6.48. The first-order chi connectivity index (χ1) is 9.02. The van der Waals surface area contributed by atoms with Crippen molar-refractivity contribution >= 4 is 0 Å². The van der Waals surface area contributed by atoms with Gasteiger partial charge in [0.15, 0.2) is 0 Å². The van der Waals surface area contributed by atoms with Crippen molar-refractivity contribution in [3.63, 3.8) is 0 Å². The predicted octanol–water partition coefficient (Wildman–Crippen LogP) is 3.78. The van der Waals surface area contributed by atoms with Crippen molar-refractivity contribution in [3.05, 3.63) is 46.9 Å². The van der Waals surface area contributed by atoms with Gasteiger partial charge in [-0.05, 0) is 38.8 Å². The molecule has 1 aromatic carbocycles. The molecule has 0 fully saturated rings. The molecule has 3 heteroatoms. The van der Waals surface area contributed by atoms with E-state index in [4.69, 9.17) is 4.74 Å². The van der Waals surface area contributed by atoms with Gasteiger partial charge in [-0.15, -0.1) is 0 Å². The van der Waals surface area contributed by atoms with Crippen molar-refractivity contribution in [3.8, 4) is 11.3 Å². The maximum absolute atomic E-state index is 5.32. The molecule has 0 radical (unpaired) electrons. The van der Waals surface area contributed by atoms with Gasteiger partial charge in [-0.2, -0.15) is 0 Å². The molecule has 0 aliphatic rings. The lowest BCUT2D eigenvalue weighted by Crippen LogP contribution is -2.00. The predicted molar refractivity (Wildman–Crippen MR) is 77.1 cm³/mol. The zero-order chi connectivity index (χ0) is 14.0. The lowest BCUT2D eigenvalue weighted by atomic mass is 10.0. The summed E-state index contributed by atoms with van der Waals surface area (Å²) in [6.07, 6.45) is 0.115. The highest BCUT2D eigenvalue weighted by Crippen LogP contribution is 2.25. The van der Waals surface area contributed by atoms with Gasteiger partial charge in [-0.1, -0.05) is 24.3 Å². The van der Waals surface area contributed by atoms with E-state index in [1.807, 2.05) is 20.8 Å². The van der Waals surface area contributed by atoms with Crippen LogP contribution in [-0.2, 0) is 4.74 Å². The van der Waals surface area contributed by atoms with Crippen LogP contribution in [0.2, 0.25) is 0 Å². The van der Waals surface area contributed by atoms with Crippen molar-refractivity contribution in [2.45, 2.75) is 33.8 Å². The monoisotopic (exact) mass is 256 g/mol. The molecule has 1 aromatic heterocycles. The van der Waals surface area contributed by atoms with Crippen LogP contribution in [0.5, 0.6) is 0 Å². The summed E-state index contributed by atoms with van der Waals surface area (Å²) in [7, 11) is 1.72. The topological polar surface area (TPSA) is 35.0 Å². The number of methoxy groups -OCH3 is 1. The third kappa shape index (κ3) is 2.82. The Kier molecular flexibility index (Phi) is 3.96. The van der Waals surface area contributed by atoms with Crippen LogP contribution in [0.3, 0.4) is 0 Å². The molecule has 0 bridgehead atoms. The summed E-state index contributed by atoms with van der Waals surface area (Å²) in [6.45, 7) is 8.06. The van der Waals surface area contributed by atoms with E-state index in [-0.39, 0.29) is 6.10 Å². The van der Waals surface area contributed by atoms with Crippen molar-refractivity contribution in [2.24, 2.45) is 0 Å². The largest absolute Gasteiger partial charge is 0.377 e. The van der Waals surface area contributed by atoms with E-state index >= 15 is 0 Å². The minimum Gasteiger partial charge on any atom is -0.377 e. The molecule has 0 aliphatic heterocycles. The van der Waals surface area contributed by atoms with Crippen LogP contribution in [0.15, 0.2) is 24.3 Å². The number of rotatable bonds is 3. The maximum Gasteiger partial charge on any atom is 0.126 e. The van der Waals surface area contributed by atoms with Gasteiger partial charge in [0.1, 0.15) is 5.82 Å². The van der Waals surface area contributed by atoms with Gasteiger partial charge in [0.25, 0.3) is 0 Å². The van der Waals surface area contributed by atoms with Crippen LogP contribution in [0.4, 0.5) is 0 Å². The zero-order valence-electron chi connectivity index (χ0n) is 12.2. The van der Waals surface area contributed by atoms with Crippen molar-refractivity contribution < 1.29 is 4.74 Å². The summed E-state index contributed by atoms with van der Waals surface area (Å²) in [6, 6.07) is 8.38. The van der Waals surface area contributed by atoms with Crippen LogP contribution < -0.4 is 0 Å². The highest BCUT2D eigenvalue weighted by molar-refractivity contribution is 5.63. The van der Waals surface area contributed by atoms with E-state index in [2.05, 4.69) is 41.2 Å². The number of aryl methyl sites for hydroxylation is 2. The van der Waals surface area contributed by atoms with Crippen molar-refractivity contribution in [1.82, 2.24) is 9.97 Å². The second-order valence-corrected chi connectivity index (χ2v) is 4.83. The second-order valence-electron chi connectivity index (χ2n) is 4.83. The molecule has 100 valence electrons. The van der Waals surface area contributed by atoms with Crippen LogP contribution in [-0.4, -0.2) is 17.1 Å². The molecule has 0 aliphatic carbocycles. The molecule has 0 N–H and O–H groups in total. The fourth-order valence-electron chi connectivity index (χ4n) is 2.10. The van der Waals surface area contributed by atoms with E-state index in [1.165, 1.54) is 5.56 Å². The standard InChI is InChI=1S/C16H20N2O/c1-10-11(2)17-13(4)18-16(10)15-8-6-14(7-9-15)12(3)19-5/h6-9,12H,1-5H3/t12-/m0/s1. The number of ether oxygens (including phenoxy) is 1. The molecule has 19 heavy (non-hydrogen) atoms. The Balaban J connectivity index is 2.43. The number of aromatic nitrogens is 2. The fraction of sp³-hybridized carbons (Fsp3) is 0.375. The fourth-order valence-corrected chi connectivity index (χ4v) is 2.10. The summed E-state index contributed by atoms with van der Waals surface area (Å²) in [5, 5.41) is 0. The lowest BCUT2D eigenvalue weighted by molar-refractivity contribution is 0.119. The van der Waals surface area contributed by atoms with Crippen LogP contribution in [0, 0.1) is 20.8 Å². The average molecular weight is 256 g/mol. The smallest absolute Gasteiger partial charge is 0.126 e. The Hall–Kier alpha value is -1.74. The first-order valence-electron chi connectivity index (χ1n) is 6.48. The average Bonchev–Trinajstić information content (AvgIpc) is 2.42. The zero-order valence-corrected chi connectivity index (χ0v) is 12.2. The van der Waals surface area contributed by atoms with Crippen LogP contribution >= 0.6 is 0 Å². The molecule has 0 unspecified atom stereocenters. The van der Waals surface area contributed by atoms with Gasteiger partial charge in [-0.25, -0.2) is 9.97 Å². The second kappa shape index (κ2) is 5.49. The number of benzene rings is 1. The summed E-state index contributed by atoms with van der Waals surface area (Å²) >= 11 is 0. The third-order valence-electron chi connectivity index (χ3n) is 3.51. The Labute approximate surface area is 114 Å². The van der Waals surface area contributed by atoms with Gasteiger partial charge >= 0.3 is 0 Å². The van der Waals surface area contributed by atoms with Crippen molar-refractivity contribution in [1.29, 1.82) is 0 Å². The molecule has 3 nitrogen and oxygen atoms in total. The third-order valence-corrected chi connectivity index (χ3v) is 3.51. The molecule has 2 rings (SSSR count).